The maximum Gasteiger partial charge on any atom is 0.344 e. The van der Waals surface area contributed by atoms with Gasteiger partial charge in [-0.3, -0.25) is 4.79 Å². The third-order valence-corrected chi connectivity index (χ3v) is 3.73. The van der Waals surface area contributed by atoms with Crippen LogP contribution in [-0.4, -0.2) is 50.2 Å². The Morgan fingerprint density at radius 3 is 2.17 bits per heavy atom. The molecule has 0 spiro atoms. The fourth-order valence-electron chi connectivity index (χ4n) is 2.41. The van der Waals surface area contributed by atoms with Crippen LogP contribution in [0.2, 0.25) is 0 Å². The van der Waals surface area contributed by atoms with E-state index in [1.54, 1.807) is 36.3 Å². The number of hydrogen-bond donors (Lipinski definition) is 0. The third kappa shape index (κ3) is 5.81. The predicted molar refractivity (Wildman–Crippen MR) is 84.5 cm³/mol. The molecule has 0 aromatic heterocycles. The Morgan fingerprint density at radius 2 is 1.57 bits per heavy atom. The molecular formula is C17H23NO5. The summed E-state index contributed by atoms with van der Waals surface area (Å²) < 4.78 is 15.3. The first kappa shape index (κ1) is 17.1. The number of carbonyl (C=O) groups excluding carboxylic acids is 2. The Hall–Kier alpha value is -2.24. The molecule has 0 bridgehead atoms. The van der Waals surface area contributed by atoms with Gasteiger partial charge in [0.05, 0.1) is 7.11 Å². The van der Waals surface area contributed by atoms with E-state index in [1.165, 1.54) is 0 Å². The van der Waals surface area contributed by atoms with E-state index in [0.717, 1.165) is 38.8 Å². The molecule has 0 atom stereocenters. The van der Waals surface area contributed by atoms with Gasteiger partial charge in [-0.2, -0.15) is 0 Å². The molecule has 1 fully saturated rings. The fourth-order valence-corrected chi connectivity index (χ4v) is 2.41. The second-order valence-corrected chi connectivity index (χ2v) is 5.42. The molecule has 6 heteroatoms. The number of esters is 1. The zero-order valence-electron chi connectivity index (χ0n) is 13.5. The molecule has 1 aliphatic heterocycles. The topological polar surface area (TPSA) is 65.1 Å². The van der Waals surface area contributed by atoms with Crippen LogP contribution >= 0.6 is 0 Å². The van der Waals surface area contributed by atoms with Gasteiger partial charge in [0.1, 0.15) is 11.5 Å². The van der Waals surface area contributed by atoms with Gasteiger partial charge < -0.3 is 19.1 Å². The summed E-state index contributed by atoms with van der Waals surface area (Å²) in [5.74, 6) is 0.568. The molecule has 2 rings (SSSR count). The van der Waals surface area contributed by atoms with Gasteiger partial charge in [0.2, 0.25) is 0 Å². The highest BCUT2D eigenvalue weighted by atomic mass is 16.6. The summed E-state index contributed by atoms with van der Waals surface area (Å²) in [6, 6.07) is 6.88. The standard InChI is InChI=1S/C17H23NO5/c1-21-14-6-8-15(9-7-14)22-13-17(20)23-12-16(19)18-10-4-2-3-5-11-18/h6-9H,2-5,10-13H2,1H3. The van der Waals surface area contributed by atoms with Crippen LogP contribution in [0, 0.1) is 0 Å². The van der Waals surface area contributed by atoms with Gasteiger partial charge in [0.25, 0.3) is 5.91 Å². The van der Waals surface area contributed by atoms with Gasteiger partial charge in [-0.25, -0.2) is 4.79 Å². The van der Waals surface area contributed by atoms with Crippen LogP contribution in [0.1, 0.15) is 25.7 Å². The molecule has 0 aliphatic carbocycles. The number of methoxy groups -OCH3 is 1. The van der Waals surface area contributed by atoms with Crippen LogP contribution in [0.25, 0.3) is 0 Å². The Bertz CT molecular complexity index is 506. The van der Waals surface area contributed by atoms with E-state index in [4.69, 9.17) is 14.2 Å². The maximum absolute atomic E-state index is 12.0. The third-order valence-electron chi connectivity index (χ3n) is 3.73. The van der Waals surface area contributed by atoms with E-state index in [0.29, 0.717) is 11.5 Å². The van der Waals surface area contributed by atoms with E-state index in [9.17, 15) is 9.59 Å². The Morgan fingerprint density at radius 1 is 0.957 bits per heavy atom. The molecule has 1 amide bonds. The molecule has 1 aliphatic rings. The number of hydrogen-bond acceptors (Lipinski definition) is 5. The van der Waals surface area contributed by atoms with Crippen molar-refractivity contribution in [2.45, 2.75) is 25.7 Å². The van der Waals surface area contributed by atoms with Crippen molar-refractivity contribution in [1.29, 1.82) is 0 Å². The SMILES string of the molecule is COc1ccc(OCC(=O)OCC(=O)N2CCCCCC2)cc1. The maximum atomic E-state index is 12.0. The van der Waals surface area contributed by atoms with Crippen molar-refractivity contribution < 1.29 is 23.8 Å². The van der Waals surface area contributed by atoms with Crippen LogP contribution < -0.4 is 9.47 Å². The number of amides is 1. The van der Waals surface area contributed by atoms with Gasteiger partial charge in [0.15, 0.2) is 13.2 Å². The van der Waals surface area contributed by atoms with Crippen molar-refractivity contribution in [3.8, 4) is 11.5 Å². The number of benzene rings is 1. The lowest BCUT2D eigenvalue weighted by atomic mass is 10.2. The van der Waals surface area contributed by atoms with Crippen LogP contribution in [-0.2, 0) is 14.3 Å². The van der Waals surface area contributed by atoms with E-state index in [-0.39, 0.29) is 19.1 Å². The summed E-state index contributed by atoms with van der Waals surface area (Å²) in [6.07, 6.45) is 4.33. The predicted octanol–water partition coefficient (Wildman–Crippen LogP) is 2.02. The van der Waals surface area contributed by atoms with Crippen LogP contribution in [0.4, 0.5) is 0 Å². The molecule has 1 aromatic carbocycles. The van der Waals surface area contributed by atoms with Gasteiger partial charge in [-0.05, 0) is 37.1 Å². The molecule has 0 radical (unpaired) electrons. The zero-order valence-corrected chi connectivity index (χ0v) is 13.5. The molecule has 6 nitrogen and oxygen atoms in total. The second-order valence-electron chi connectivity index (χ2n) is 5.42. The lowest BCUT2D eigenvalue weighted by molar-refractivity contribution is -0.153. The van der Waals surface area contributed by atoms with Crippen molar-refractivity contribution in [3.05, 3.63) is 24.3 Å². The zero-order chi connectivity index (χ0) is 16.5. The molecule has 1 saturated heterocycles. The van der Waals surface area contributed by atoms with Crippen LogP contribution in [0.15, 0.2) is 24.3 Å². The Kier molecular flexibility index (Phi) is 6.72. The highest BCUT2D eigenvalue weighted by Crippen LogP contribution is 2.16. The normalized spacial score (nSPS) is 14.7. The van der Waals surface area contributed by atoms with Gasteiger partial charge >= 0.3 is 5.97 Å². The van der Waals surface area contributed by atoms with Crippen molar-refractivity contribution in [3.63, 3.8) is 0 Å². The smallest absolute Gasteiger partial charge is 0.344 e. The van der Waals surface area contributed by atoms with E-state index in [2.05, 4.69) is 0 Å². The van der Waals surface area contributed by atoms with Crippen molar-refractivity contribution in [2.75, 3.05) is 33.4 Å². The first-order valence-electron chi connectivity index (χ1n) is 7.89. The van der Waals surface area contributed by atoms with Gasteiger partial charge in [0, 0.05) is 13.1 Å². The average Bonchev–Trinajstić information content (AvgIpc) is 2.87. The van der Waals surface area contributed by atoms with E-state index >= 15 is 0 Å². The number of nitrogens with zero attached hydrogens (tertiary/aromatic N) is 1. The van der Waals surface area contributed by atoms with Gasteiger partial charge in [-0.1, -0.05) is 12.8 Å². The minimum Gasteiger partial charge on any atom is -0.497 e. The van der Waals surface area contributed by atoms with Crippen molar-refractivity contribution in [1.82, 2.24) is 4.90 Å². The number of rotatable bonds is 6. The molecule has 0 saturated carbocycles. The molecule has 23 heavy (non-hydrogen) atoms. The minimum absolute atomic E-state index is 0.135. The van der Waals surface area contributed by atoms with Crippen LogP contribution in [0.3, 0.4) is 0 Å². The monoisotopic (exact) mass is 321 g/mol. The lowest BCUT2D eigenvalue weighted by Gasteiger charge is -2.19. The van der Waals surface area contributed by atoms with Gasteiger partial charge in [-0.15, -0.1) is 0 Å². The highest BCUT2D eigenvalue weighted by molar-refractivity contribution is 5.81. The number of likely N-dealkylation sites (tertiary alicyclic amines) is 1. The first-order valence-corrected chi connectivity index (χ1v) is 7.89. The number of ether oxygens (including phenoxy) is 3. The lowest BCUT2D eigenvalue weighted by Crippen LogP contribution is -2.35. The summed E-state index contributed by atoms with van der Waals surface area (Å²) in [7, 11) is 1.58. The first-order chi connectivity index (χ1) is 11.2. The summed E-state index contributed by atoms with van der Waals surface area (Å²) in [5.41, 5.74) is 0. The van der Waals surface area contributed by atoms with E-state index in [1.807, 2.05) is 0 Å². The molecule has 1 heterocycles. The minimum atomic E-state index is -0.552. The second kappa shape index (κ2) is 9.02. The number of carbonyl (C=O) groups is 2. The molecule has 126 valence electrons. The fraction of sp³-hybridized carbons (Fsp3) is 0.529. The molecule has 0 N–H and O–H groups in total. The summed E-state index contributed by atoms with van der Waals surface area (Å²) in [4.78, 5) is 25.4. The van der Waals surface area contributed by atoms with E-state index < -0.39 is 5.97 Å². The average molecular weight is 321 g/mol. The summed E-state index contributed by atoms with van der Waals surface area (Å²) in [5, 5.41) is 0. The summed E-state index contributed by atoms with van der Waals surface area (Å²) in [6.45, 7) is 1.06. The van der Waals surface area contributed by atoms with Crippen molar-refractivity contribution in [2.24, 2.45) is 0 Å². The Labute approximate surface area is 136 Å². The van der Waals surface area contributed by atoms with Crippen LogP contribution in [0.5, 0.6) is 11.5 Å². The Balaban J connectivity index is 1.68. The molecule has 0 unspecified atom stereocenters. The highest BCUT2D eigenvalue weighted by Gasteiger charge is 2.17. The molecular weight excluding hydrogens is 298 g/mol. The summed E-state index contributed by atoms with van der Waals surface area (Å²) >= 11 is 0. The van der Waals surface area contributed by atoms with Crippen molar-refractivity contribution >= 4 is 11.9 Å². The largest absolute Gasteiger partial charge is 0.497 e. The quantitative estimate of drug-likeness (QED) is 0.750. The molecule has 1 aromatic rings.